The SMILES string of the molecule is COC(=O)[C@H]1CC[C@H](NS(=O)(=O)c2ccc3c(c2)cc(-c2ccccc2)n3C)CC1. The van der Waals surface area contributed by atoms with E-state index in [2.05, 4.69) is 9.29 Å². The van der Waals surface area contributed by atoms with Gasteiger partial charge in [0, 0.05) is 29.7 Å². The molecule has 7 heteroatoms. The molecule has 1 saturated carbocycles. The summed E-state index contributed by atoms with van der Waals surface area (Å²) in [5.41, 5.74) is 3.10. The van der Waals surface area contributed by atoms with Gasteiger partial charge < -0.3 is 9.30 Å². The second kappa shape index (κ2) is 8.24. The molecule has 0 bridgehead atoms. The minimum absolute atomic E-state index is 0.132. The monoisotopic (exact) mass is 426 g/mol. The molecule has 1 heterocycles. The van der Waals surface area contributed by atoms with Crippen molar-refractivity contribution in [3.8, 4) is 11.3 Å². The van der Waals surface area contributed by atoms with Gasteiger partial charge in [0.1, 0.15) is 0 Å². The summed E-state index contributed by atoms with van der Waals surface area (Å²) in [5, 5.41) is 0.883. The van der Waals surface area contributed by atoms with E-state index in [1.165, 1.54) is 7.11 Å². The molecule has 1 aliphatic rings. The Morgan fingerprint density at radius 3 is 2.40 bits per heavy atom. The van der Waals surface area contributed by atoms with Crippen LogP contribution < -0.4 is 4.72 Å². The first kappa shape index (κ1) is 20.6. The van der Waals surface area contributed by atoms with E-state index in [4.69, 9.17) is 4.74 Å². The molecule has 1 aliphatic carbocycles. The molecule has 30 heavy (non-hydrogen) atoms. The van der Waals surface area contributed by atoms with Crippen LogP contribution in [0.5, 0.6) is 0 Å². The van der Waals surface area contributed by atoms with Crippen LogP contribution in [0.1, 0.15) is 25.7 Å². The maximum atomic E-state index is 13.0. The van der Waals surface area contributed by atoms with Crippen LogP contribution in [-0.4, -0.2) is 32.1 Å². The molecule has 1 aromatic heterocycles. The molecule has 0 atom stereocenters. The van der Waals surface area contributed by atoms with Crippen molar-refractivity contribution < 1.29 is 17.9 Å². The number of carbonyl (C=O) groups is 1. The summed E-state index contributed by atoms with van der Waals surface area (Å²) in [6.07, 6.45) is 2.53. The Kier molecular flexibility index (Phi) is 5.66. The van der Waals surface area contributed by atoms with E-state index >= 15 is 0 Å². The fraction of sp³-hybridized carbons (Fsp3) is 0.348. The average molecular weight is 427 g/mol. The predicted molar refractivity (Wildman–Crippen MR) is 116 cm³/mol. The number of esters is 1. The number of fused-ring (bicyclic) bond motifs is 1. The lowest BCUT2D eigenvalue weighted by molar-refractivity contribution is -0.146. The van der Waals surface area contributed by atoms with Gasteiger partial charge in [-0.25, -0.2) is 13.1 Å². The molecular formula is C23H26N2O4S. The molecule has 0 saturated heterocycles. The van der Waals surface area contributed by atoms with Gasteiger partial charge in [-0.05, 0) is 55.5 Å². The van der Waals surface area contributed by atoms with E-state index in [1.807, 2.05) is 49.5 Å². The van der Waals surface area contributed by atoms with Gasteiger partial charge >= 0.3 is 5.97 Å². The smallest absolute Gasteiger partial charge is 0.308 e. The molecule has 0 amide bonds. The maximum Gasteiger partial charge on any atom is 0.308 e. The largest absolute Gasteiger partial charge is 0.469 e. The van der Waals surface area contributed by atoms with Crippen molar-refractivity contribution in [1.29, 1.82) is 0 Å². The highest BCUT2D eigenvalue weighted by Gasteiger charge is 2.29. The van der Waals surface area contributed by atoms with Gasteiger partial charge in [0.05, 0.1) is 17.9 Å². The van der Waals surface area contributed by atoms with Crippen LogP contribution in [0.15, 0.2) is 59.5 Å². The van der Waals surface area contributed by atoms with Gasteiger partial charge in [0.25, 0.3) is 0 Å². The Morgan fingerprint density at radius 2 is 1.73 bits per heavy atom. The number of carbonyl (C=O) groups excluding carboxylic acids is 1. The summed E-state index contributed by atoms with van der Waals surface area (Å²) in [4.78, 5) is 11.9. The standard InChI is InChI=1S/C23H26N2O4S/c1-25-21-13-12-20(14-18(21)15-22(25)16-6-4-3-5-7-16)30(27,28)24-19-10-8-17(9-11-19)23(26)29-2/h3-7,12-15,17,19,24H,8-11H2,1-2H3/t17-,19-. The molecule has 0 radical (unpaired) electrons. The average Bonchev–Trinajstić information content (AvgIpc) is 3.10. The van der Waals surface area contributed by atoms with Crippen LogP contribution in [0.3, 0.4) is 0 Å². The van der Waals surface area contributed by atoms with Crippen LogP contribution in [-0.2, 0) is 26.6 Å². The Hall–Kier alpha value is -2.64. The molecule has 6 nitrogen and oxygen atoms in total. The molecule has 158 valence electrons. The first-order valence-corrected chi connectivity index (χ1v) is 11.6. The Labute approximate surface area is 176 Å². The summed E-state index contributed by atoms with van der Waals surface area (Å²) in [6, 6.07) is 17.1. The molecule has 1 fully saturated rings. The topological polar surface area (TPSA) is 77.4 Å². The molecule has 3 aromatic rings. The van der Waals surface area contributed by atoms with Crippen LogP contribution >= 0.6 is 0 Å². The second-order valence-electron chi connectivity index (χ2n) is 7.87. The highest BCUT2D eigenvalue weighted by atomic mass is 32.2. The van der Waals surface area contributed by atoms with Gasteiger partial charge in [-0.3, -0.25) is 4.79 Å². The highest BCUT2D eigenvalue weighted by Crippen LogP contribution is 2.30. The van der Waals surface area contributed by atoms with Crippen molar-refractivity contribution in [2.75, 3.05) is 7.11 Å². The number of nitrogens with one attached hydrogen (secondary N) is 1. The number of hydrogen-bond acceptors (Lipinski definition) is 4. The summed E-state index contributed by atoms with van der Waals surface area (Å²) in [6.45, 7) is 0. The lowest BCUT2D eigenvalue weighted by atomic mass is 9.86. The Balaban J connectivity index is 1.55. The molecule has 0 aliphatic heterocycles. The lowest BCUT2D eigenvalue weighted by Crippen LogP contribution is -2.38. The van der Waals surface area contributed by atoms with Gasteiger partial charge in [-0.15, -0.1) is 0 Å². The minimum atomic E-state index is -3.64. The third-order valence-electron chi connectivity index (χ3n) is 5.98. The maximum absolute atomic E-state index is 13.0. The molecule has 0 spiro atoms. The fourth-order valence-electron chi connectivity index (χ4n) is 4.28. The van der Waals surface area contributed by atoms with Crippen LogP contribution in [0.4, 0.5) is 0 Å². The van der Waals surface area contributed by atoms with Crippen molar-refractivity contribution in [3.05, 3.63) is 54.6 Å². The first-order valence-electron chi connectivity index (χ1n) is 10.1. The zero-order chi connectivity index (χ0) is 21.3. The van der Waals surface area contributed by atoms with E-state index in [0.29, 0.717) is 25.7 Å². The molecule has 1 N–H and O–H groups in total. The zero-order valence-electron chi connectivity index (χ0n) is 17.2. The van der Waals surface area contributed by atoms with E-state index < -0.39 is 10.0 Å². The Morgan fingerprint density at radius 1 is 1.03 bits per heavy atom. The minimum Gasteiger partial charge on any atom is -0.469 e. The van der Waals surface area contributed by atoms with Gasteiger partial charge in [-0.1, -0.05) is 30.3 Å². The third-order valence-corrected chi connectivity index (χ3v) is 7.50. The number of aryl methyl sites for hydroxylation is 1. The summed E-state index contributed by atoms with van der Waals surface area (Å²) in [7, 11) is -0.266. The van der Waals surface area contributed by atoms with Crippen molar-refractivity contribution in [2.24, 2.45) is 13.0 Å². The summed E-state index contributed by atoms with van der Waals surface area (Å²) in [5.74, 6) is -0.340. The first-order chi connectivity index (χ1) is 14.4. The number of aromatic nitrogens is 1. The highest BCUT2D eigenvalue weighted by molar-refractivity contribution is 7.89. The fourth-order valence-corrected chi connectivity index (χ4v) is 5.62. The predicted octanol–water partition coefficient (Wildman–Crippen LogP) is 3.86. The van der Waals surface area contributed by atoms with Crippen molar-refractivity contribution in [1.82, 2.24) is 9.29 Å². The van der Waals surface area contributed by atoms with E-state index in [9.17, 15) is 13.2 Å². The number of nitrogens with zero attached hydrogens (tertiary/aromatic N) is 1. The van der Waals surface area contributed by atoms with Crippen molar-refractivity contribution >= 4 is 26.9 Å². The Bertz CT molecular complexity index is 1160. The van der Waals surface area contributed by atoms with Crippen molar-refractivity contribution in [2.45, 2.75) is 36.6 Å². The van der Waals surface area contributed by atoms with E-state index in [1.54, 1.807) is 12.1 Å². The van der Waals surface area contributed by atoms with Crippen LogP contribution in [0.2, 0.25) is 0 Å². The van der Waals surface area contributed by atoms with Crippen molar-refractivity contribution in [3.63, 3.8) is 0 Å². The molecule has 4 rings (SSSR count). The number of methoxy groups -OCH3 is 1. The normalized spacial score (nSPS) is 19.7. The number of hydrogen-bond donors (Lipinski definition) is 1. The lowest BCUT2D eigenvalue weighted by Gasteiger charge is -2.27. The quantitative estimate of drug-likeness (QED) is 0.629. The third kappa shape index (κ3) is 4.00. The number of rotatable bonds is 5. The molecule has 2 aromatic carbocycles. The number of benzene rings is 2. The summed E-state index contributed by atoms with van der Waals surface area (Å²) < 4.78 is 35.6. The van der Waals surface area contributed by atoms with Gasteiger partial charge in [0.15, 0.2) is 0 Å². The molecule has 0 unspecified atom stereocenters. The van der Waals surface area contributed by atoms with Crippen LogP contribution in [0, 0.1) is 5.92 Å². The number of sulfonamides is 1. The van der Waals surface area contributed by atoms with E-state index in [0.717, 1.165) is 22.2 Å². The van der Waals surface area contributed by atoms with Gasteiger partial charge in [0.2, 0.25) is 10.0 Å². The van der Waals surface area contributed by atoms with Gasteiger partial charge in [-0.2, -0.15) is 0 Å². The molecular weight excluding hydrogens is 400 g/mol. The number of ether oxygens (including phenoxy) is 1. The van der Waals surface area contributed by atoms with Crippen LogP contribution in [0.25, 0.3) is 22.2 Å². The van der Waals surface area contributed by atoms with E-state index in [-0.39, 0.29) is 22.8 Å². The second-order valence-corrected chi connectivity index (χ2v) is 9.58. The zero-order valence-corrected chi connectivity index (χ0v) is 18.0. The summed E-state index contributed by atoms with van der Waals surface area (Å²) >= 11 is 0.